The van der Waals surface area contributed by atoms with Crippen LogP contribution in [-0.2, 0) is 10.0 Å². The average molecular weight is 348 g/mol. The maximum absolute atomic E-state index is 12.0. The molecule has 9 heteroatoms. The molecule has 0 unspecified atom stereocenters. The molecule has 24 heavy (non-hydrogen) atoms. The molecular formula is C15H16N4O4S. The Hall–Kier alpha value is -2.94. The van der Waals surface area contributed by atoms with Crippen LogP contribution in [-0.4, -0.2) is 33.7 Å². The Balaban J connectivity index is 2.21. The second-order valence-electron chi connectivity index (χ2n) is 5.07. The van der Waals surface area contributed by atoms with Crippen LogP contribution >= 0.6 is 0 Å². The van der Waals surface area contributed by atoms with Crippen molar-refractivity contribution >= 4 is 27.6 Å². The van der Waals surface area contributed by atoms with Gasteiger partial charge in [0, 0.05) is 25.7 Å². The zero-order valence-electron chi connectivity index (χ0n) is 13.1. The summed E-state index contributed by atoms with van der Waals surface area (Å²) in [5.74, 6) is 0. The molecule has 2 aromatic carbocycles. The number of benzene rings is 2. The van der Waals surface area contributed by atoms with Crippen molar-refractivity contribution in [3.63, 3.8) is 0 Å². The fourth-order valence-corrected chi connectivity index (χ4v) is 2.78. The highest BCUT2D eigenvalue weighted by Crippen LogP contribution is 2.27. The minimum Gasteiger partial charge on any atom is -0.372 e. The third-order valence-electron chi connectivity index (χ3n) is 3.12. The van der Waals surface area contributed by atoms with Gasteiger partial charge in [-0.3, -0.25) is 10.1 Å². The SMILES string of the molecule is CN(C)c1ccc(/C=N/NS(=O)(=O)c2ccccc2)cc1[N+](=O)[O-]. The predicted octanol–water partition coefficient (Wildman–Crippen LogP) is 1.97. The molecule has 0 aliphatic carbocycles. The molecule has 0 fully saturated rings. The number of anilines is 1. The Morgan fingerprint density at radius 1 is 1.17 bits per heavy atom. The summed E-state index contributed by atoms with van der Waals surface area (Å²) >= 11 is 0. The molecule has 0 saturated heterocycles. The molecule has 0 aliphatic rings. The Kier molecular flexibility index (Phi) is 5.14. The molecule has 1 N–H and O–H groups in total. The topological polar surface area (TPSA) is 105 Å². The normalized spacial score (nSPS) is 11.4. The first-order valence-electron chi connectivity index (χ1n) is 6.87. The van der Waals surface area contributed by atoms with Gasteiger partial charge in [-0.2, -0.15) is 13.5 Å². The lowest BCUT2D eigenvalue weighted by Gasteiger charge is -2.12. The molecule has 0 bridgehead atoms. The highest BCUT2D eigenvalue weighted by Gasteiger charge is 2.16. The zero-order chi connectivity index (χ0) is 17.7. The average Bonchev–Trinajstić information content (AvgIpc) is 2.55. The van der Waals surface area contributed by atoms with Crippen molar-refractivity contribution in [3.05, 3.63) is 64.2 Å². The number of nitro groups is 1. The van der Waals surface area contributed by atoms with Gasteiger partial charge in [0.2, 0.25) is 0 Å². The van der Waals surface area contributed by atoms with E-state index in [1.165, 1.54) is 24.4 Å². The first-order valence-corrected chi connectivity index (χ1v) is 8.35. The van der Waals surface area contributed by atoms with Crippen LogP contribution in [0.5, 0.6) is 0 Å². The molecule has 0 radical (unpaired) electrons. The van der Waals surface area contributed by atoms with E-state index in [-0.39, 0.29) is 10.6 Å². The number of nitrogens with zero attached hydrogens (tertiary/aromatic N) is 3. The summed E-state index contributed by atoms with van der Waals surface area (Å²) in [5, 5.41) is 14.8. The van der Waals surface area contributed by atoms with Crippen LogP contribution < -0.4 is 9.73 Å². The van der Waals surface area contributed by atoms with E-state index < -0.39 is 14.9 Å². The van der Waals surface area contributed by atoms with Gasteiger partial charge in [-0.1, -0.05) is 24.3 Å². The highest BCUT2D eigenvalue weighted by atomic mass is 32.2. The Morgan fingerprint density at radius 2 is 1.83 bits per heavy atom. The summed E-state index contributed by atoms with van der Waals surface area (Å²) in [7, 11) is -0.372. The number of nitrogens with one attached hydrogen (secondary N) is 1. The summed E-state index contributed by atoms with van der Waals surface area (Å²) in [6, 6.07) is 12.3. The van der Waals surface area contributed by atoms with E-state index in [9.17, 15) is 18.5 Å². The molecule has 0 amide bonds. The van der Waals surface area contributed by atoms with Crippen molar-refractivity contribution in [1.82, 2.24) is 4.83 Å². The fraction of sp³-hybridized carbons (Fsp3) is 0.133. The molecule has 0 spiro atoms. The van der Waals surface area contributed by atoms with Crippen molar-refractivity contribution in [3.8, 4) is 0 Å². The molecule has 0 heterocycles. The quantitative estimate of drug-likeness (QED) is 0.488. The first-order chi connectivity index (χ1) is 11.3. The molecular weight excluding hydrogens is 332 g/mol. The van der Waals surface area contributed by atoms with Crippen LogP contribution in [0.25, 0.3) is 0 Å². The third kappa shape index (κ3) is 4.07. The third-order valence-corrected chi connectivity index (χ3v) is 4.36. The van der Waals surface area contributed by atoms with Gasteiger partial charge in [0.05, 0.1) is 16.0 Å². The molecule has 2 rings (SSSR count). The van der Waals surface area contributed by atoms with E-state index in [0.29, 0.717) is 11.3 Å². The van der Waals surface area contributed by atoms with Crippen molar-refractivity contribution in [2.75, 3.05) is 19.0 Å². The Bertz CT molecular complexity index is 864. The Labute approximate surface area is 139 Å². The highest BCUT2D eigenvalue weighted by molar-refractivity contribution is 7.89. The molecule has 2 aromatic rings. The van der Waals surface area contributed by atoms with Crippen LogP contribution in [0.3, 0.4) is 0 Å². The molecule has 0 aromatic heterocycles. The summed E-state index contributed by atoms with van der Waals surface area (Å²) in [6.45, 7) is 0. The Morgan fingerprint density at radius 3 is 2.42 bits per heavy atom. The second kappa shape index (κ2) is 7.09. The van der Waals surface area contributed by atoms with Crippen LogP contribution in [0.2, 0.25) is 0 Å². The molecule has 0 saturated carbocycles. The number of rotatable bonds is 6. The van der Waals surface area contributed by atoms with Crippen molar-refractivity contribution in [2.45, 2.75) is 4.90 Å². The van der Waals surface area contributed by atoms with Crippen molar-refractivity contribution < 1.29 is 13.3 Å². The van der Waals surface area contributed by atoms with Crippen LogP contribution in [0.4, 0.5) is 11.4 Å². The number of hydrogen-bond acceptors (Lipinski definition) is 6. The van der Waals surface area contributed by atoms with Crippen molar-refractivity contribution in [2.24, 2.45) is 5.10 Å². The van der Waals surface area contributed by atoms with E-state index in [0.717, 1.165) is 0 Å². The minimum atomic E-state index is -3.77. The van der Waals surface area contributed by atoms with Crippen LogP contribution in [0.1, 0.15) is 5.56 Å². The summed E-state index contributed by atoms with van der Waals surface area (Å²) < 4.78 is 24.0. The summed E-state index contributed by atoms with van der Waals surface area (Å²) in [5.41, 5.74) is 0.764. The molecule has 0 atom stereocenters. The maximum Gasteiger partial charge on any atom is 0.293 e. The van der Waals surface area contributed by atoms with Gasteiger partial charge >= 0.3 is 0 Å². The van der Waals surface area contributed by atoms with Gasteiger partial charge in [-0.15, -0.1) is 0 Å². The van der Waals surface area contributed by atoms with E-state index >= 15 is 0 Å². The zero-order valence-corrected chi connectivity index (χ0v) is 13.9. The van der Waals surface area contributed by atoms with Crippen LogP contribution in [0.15, 0.2) is 58.5 Å². The number of hydrazone groups is 1. The van der Waals surface area contributed by atoms with Gasteiger partial charge in [0.25, 0.3) is 15.7 Å². The van der Waals surface area contributed by atoms with Crippen molar-refractivity contribution in [1.29, 1.82) is 0 Å². The van der Waals surface area contributed by atoms with Gasteiger partial charge in [0.1, 0.15) is 5.69 Å². The molecule has 8 nitrogen and oxygen atoms in total. The largest absolute Gasteiger partial charge is 0.372 e. The number of hydrogen-bond donors (Lipinski definition) is 1. The van der Waals surface area contributed by atoms with Gasteiger partial charge in [-0.05, 0) is 18.2 Å². The molecule has 126 valence electrons. The lowest BCUT2D eigenvalue weighted by molar-refractivity contribution is -0.384. The van der Waals surface area contributed by atoms with Gasteiger partial charge in [-0.25, -0.2) is 4.83 Å². The lowest BCUT2D eigenvalue weighted by Crippen LogP contribution is -2.18. The van der Waals surface area contributed by atoms with Gasteiger partial charge in [0.15, 0.2) is 0 Å². The fourth-order valence-electron chi connectivity index (χ4n) is 1.97. The van der Waals surface area contributed by atoms with E-state index in [1.54, 1.807) is 49.3 Å². The first kappa shape index (κ1) is 17.4. The molecule has 0 aliphatic heterocycles. The standard InChI is InChI=1S/C15H16N4O4S/c1-18(2)14-9-8-12(10-15(14)19(20)21)11-16-17-24(22,23)13-6-4-3-5-7-13/h3-11,17H,1-2H3/b16-11+. The summed E-state index contributed by atoms with van der Waals surface area (Å²) in [6.07, 6.45) is 1.22. The van der Waals surface area contributed by atoms with Gasteiger partial charge < -0.3 is 4.90 Å². The smallest absolute Gasteiger partial charge is 0.293 e. The monoisotopic (exact) mass is 348 g/mol. The summed E-state index contributed by atoms with van der Waals surface area (Å²) in [4.78, 5) is 14.4. The predicted molar refractivity (Wildman–Crippen MR) is 91.8 cm³/mol. The van der Waals surface area contributed by atoms with E-state index in [2.05, 4.69) is 9.93 Å². The minimum absolute atomic E-state index is 0.0797. The van der Waals surface area contributed by atoms with Crippen LogP contribution in [0, 0.1) is 10.1 Å². The maximum atomic E-state index is 12.0. The number of sulfonamides is 1. The van der Waals surface area contributed by atoms with E-state index in [4.69, 9.17) is 0 Å². The number of nitro benzene ring substituents is 1. The van der Waals surface area contributed by atoms with E-state index in [1.807, 2.05) is 0 Å². The lowest BCUT2D eigenvalue weighted by atomic mass is 10.2. The second-order valence-corrected chi connectivity index (χ2v) is 6.73.